The average Bonchev–Trinajstić information content (AvgIpc) is 2.55. The van der Waals surface area contributed by atoms with Crippen LogP contribution >= 0.6 is 11.8 Å². The molecule has 126 valence electrons. The molecule has 0 aromatic heterocycles. The van der Waals surface area contributed by atoms with Crippen molar-refractivity contribution in [1.82, 2.24) is 10.6 Å². The van der Waals surface area contributed by atoms with E-state index in [0.29, 0.717) is 5.75 Å². The van der Waals surface area contributed by atoms with Crippen LogP contribution in [0.25, 0.3) is 0 Å². The third-order valence-corrected chi connectivity index (χ3v) is 3.48. The topological polar surface area (TPSA) is 108 Å². The first kappa shape index (κ1) is 18.8. The third-order valence-electron chi connectivity index (χ3n) is 2.84. The number of rotatable bonds is 9. The number of hydrogen-bond acceptors (Lipinski definition) is 6. The van der Waals surface area contributed by atoms with Gasteiger partial charge >= 0.3 is 6.09 Å². The lowest BCUT2D eigenvalue weighted by Crippen LogP contribution is -2.50. The summed E-state index contributed by atoms with van der Waals surface area (Å²) in [5, 5.41) is 15.4. The van der Waals surface area contributed by atoms with Gasteiger partial charge in [0.15, 0.2) is 0 Å². The van der Waals surface area contributed by atoms with Gasteiger partial charge in [0.05, 0.1) is 12.0 Å². The van der Waals surface area contributed by atoms with Crippen molar-refractivity contribution in [1.29, 1.82) is 0 Å². The van der Waals surface area contributed by atoms with Gasteiger partial charge in [-0.25, -0.2) is 4.79 Å². The number of benzene rings is 1. The Morgan fingerprint density at radius 3 is 2.57 bits per heavy atom. The van der Waals surface area contributed by atoms with E-state index in [0.717, 1.165) is 5.56 Å². The normalized spacial score (nSPS) is 11.3. The first-order valence-electron chi connectivity index (χ1n) is 6.96. The van der Waals surface area contributed by atoms with Crippen LogP contribution in [0.4, 0.5) is 4.79 Å². The van der Waals surface area contributed by atoms with Crippen molar-refractivity contribution < 1.29 is 24.2 Å². The van der Waals surface area contributed by atoms with Crippen molar-refractivity contribution in [3.05, 3.63) is 35.9 Å². The molecule has 0 radical (unpaired) electrons. The summed E-state index contributed by atoms with van der Waals surface area (Å²) in [7, 11) is 0. The zero-order valence-corrected chi connectivity index (χ0v) is 13.6. The number of ether oxygens (including phenoxy) is 1. The summed E-state index contributed by atoms with van der Waals surface area (Å²) in [6.07, 6.45) is 1.34. The molecule has 0 saturated carbocycles. The molecular formula is C15H19N2O5S-. The molecular weight excluding hydrogens is 320 g/mol. The lowest BCUT2D eigenvalue weighted by molar-refractivity contribution is -0.308. The minimum atomic E-state index is -1.35. The molecule has 1 aromatic carbocycles. The molecule has 2 N–H and O–H groups in total. The predicted octanol–water partition coefficient (Wildman–Crippen LogP) is -0.0994. The van der Waals surface area contributed by atoms with Gasteiger partial charge in [0, 0.05) is 0 Å². The molecule has 1 atom stereocenters. The van der Waals surface area contributed by atoms with Crippen LogP contribution in [0.3, 0.4) is 0 Å². The fourth-order valence-corrected chi connectivity index (χ4v) is 2.13. The number of carboxylic acid groups (broad SMARTS) is 1. The zero-order valence-electron chi connectivity index (χ0n) is 12.7. The molecule has 0 aliphatic carbocycles. The van der Waals surface area contributed by atoms with Crippen LogP contribution < -0.4 is 15.7 Å². The number of thioether (sulfide) groups is 1. The molecule has 0 fully saturated rings. The fourth-order valence-electron chi connectivity index (χ4n) is 1.66. The number of nitrogens with one attached hydrogen (secondary N) is 2. The number of aliphatic carboxylic acids is 1. The molecule has 7 nitrogen and oxygen atoms in total. The summed E-state index contributed by atoms with van der Waals surface area (Å²) in [6.45, 7) is -0.277. The highest BCUT2D eigenvalue weighted by Crippen LogP contribution is 2.01. The van der Waals surface area contributed by atoms with Gasteiger partial charge in [0.25, 0.3) is 0 Å². The minimum Gasteiger partial charge on any atom is -0.548 e. The van der Waals surface area contributed by atoms with Gasteiger partial charge in [-0.1, -0.05) is 30.3 Å². The van der Waals surface area contributed by atoms with E-state index in [1.165, 1.54) is 11.8 Å². The molecule has 0 spiro atoms. The van der Waals surface area contributed by atoms with Crippen LogP contribution in [0.5, 0.6) is 0 Å². The van der Waals surface area contributed by atoms with E-state index in [-0.39, 0.29) is 19.6 Å². The molecule has 1 rings (SSSR count). The van der Waals surface area contributed by atoms with Crippen LogP contribution in [0.1, 0.15) is 12.0 Å². The second-order valence-electron chi connectivity index (χ2n) is 4.64. The summed E-state index contributed by atoms with van der Waals surface area (Å²) in [5.74, 6) is -1.39. The molecule has 23 heavy (non-hydrogen) atoms. The Balaban J connectivity index is 2.28. The third kappa shape index (κ3) is 8.10. The van der Waals surface area contributed by atoms with Gasteiger partial charge in [0.2, 0.25) is 5.91 Å². The summed E-state index contributed by atoms with van der Waals surface area (Å²) in [6, 6.07) is 8.01. The van der Waals surface area contributed by atoms with E-state index in [9.17, 15) is 19.5 Å². The lowest BCUT2D eigenvalue weighted by Gasteiger charge is -2.19. The van der Waals surface area contributed by atoms with Crippen LogP contribution in [0, 0.1) is 0 Å². The van der Waals surface area contributed by atoms with Crippen LogP contribution in [0.15, 0.2) is 30.3 Å². The molecule has 0 saturated heterocycles. The molecule has 0 aliphatic rings. The highest BCUT2D eigenvalue weighted by atomic mass is 32.2. The number of carbonyl (C=O) groups is 3. The maximum Gasteiger partial charge on any atom is 0.407 e. The maximum atomic E-state index is 11.6. The van der Waals surface area contributed by atoms with Crippen molar-refractivity contribution in [2.24, 2.45) is 0 Å². The maximum absolute atomic E-state index is 11.6. The first-order valence-corrected chi connectivity index (χ1v) is 8.36. The van der Waals surface area contributed by atoms with Gasteiger partial charge in [-0.2, -0.15) is 11.8 Å². The van der Waals surface area contributed by atoms with E-state index in [4.69, 9.17) is 4.74 Å². The quantitative estimate of drug-likeness (QED) is 0.650. The Hall–Kier alpha value is -2.22. The zero-order chi connectivity index (χ0) is 17.1. The monoisotopic (exact) mass is 339 g/mol. The smallest absolute Gasteiger partial charge is 0.407 e. The second-order valence-corrected chi connectivity index (χ2v) is 5.62. The molecule has 8 heteroatoms. The Kier molecular flexibility index (Phi) is 8.59. The van der Waals surface area contributed by atoms with Crippen LogP contribution in [-0.4, -0.2) is 42.6 Å². The lowest BCUT2D eigenvalue weighted by atomic mass is 10.2. The predicted molar refractivity (Wildman–Crippen MR) is 84.6 cm³/mol. The number of carboxylic acids is 1. The van der Waals surface area contributed by atoms with Gasteiger partial charge in [0.1, 0.15) is 13.2 Å². The number of carbonyl (C=O) groups excluding carboxylic acids is 3. The minimum absolute atomic E-state index is 0.0870. The van der Waals surface area contributed by atoms with E-state index < -0.39 is 24.0 Å². The summed E-state index contributed by atoms with van der Waals surface area (Å²) in [4.78, 5) is 34.0. The van der Waals surface area contributed by atoms with Gasteiger partial charge in [-0.05, 0) is 24.0 Å². The van der Waals surface area contributed by atoms with Gasteiger partial charge in [-0.3, -0.25) is 4.79 Å². The highest BCUT2D eigenvalue weighted by molar-refractivity contribution is 7.98. The van der Waals surface area contributed by atoms with Gasteiger partial charge in [-0.15, -0.1) is 0 Å². The molecule has 0 aliphatic heterocycles. The van der Waals surface area contributed by atoms with E-state index in [1.807, 2.05) is 24.5 Å². The van der Waals surface area contributed by atoms with E-state index in [1.54, 1.807) is 12.1 Å². The Labute approximate surface area is 138 Å². The van der Waals surface area contributed by atoms with Crippen molar-refractivity contribution in [3.8, 4) is 0 Å². The molecule has 0 heterocycles. The first-order chi connectivity index (χ1) is 11.0. The van der Waals surface area contributed by atoms with Crippen molar-refractivity contribution in [3.63, 3.8) is 0 Å². The number of alkyl carbamates (subject to hydrolysis) is 1. The van der Waals surface area contributed by atoms with Crippen molar-refractivity contribution in [2.75, 3.05) is 18.6 Å². The molecule has 2 amide bonds. The molecule has 1 aromatic rings. The largest absolute Gasteiger partial charge is 0.548 e. The van der Waals surface area contributed by atoms with Crippen molar-refractivity contribution in [2.45, 2.75) is 19.1 Å². The highest BCUT2D eigenvalue weighted by Gasteiger charge is 2.14. The summed E-state index contributed by atoms with van der Waals surface area (Å²) < 4.78 is 4.93. The Morgan fingerprint density at radius 1 is 1.26 bits per heavy atom. The number of amides is 2. The average molecular weight is 339 g/mol. The summed E-state index contributed by atoms with van der Waals surface area (Å²) >= 11 is 1.47. The SMILES string of the molecule is CSCC[C@H](NC(=O)CNC(=O)OCc1ccccc1)C(=O)[O-]. The molecule has 0 unspecified atom stereocenters. The fraction of sp³-hybridized carbons (Fsp3) is 0.400. The Bertz CT molecular complexity index is 524. The second kappa shape index (κ2) is 10.5. The standard InChI is InChI=1S/C15H20N2O5S/c1-23-8-7-12(14(19)20)17-13(18)9-16-15(21)22-10-11-5-3-2-4-6-11/h2-6,12H,7-10H2,1H3,(H,16,21)(H,17,18)(H,19,20)/p-1/t12-/m0/s1. The Morgan fingerprint density at radius 2 is 1.96 bits per heavy atom. The van der Waals surface area contributed by atoms with E-state index in [2.05, 4.69) is 10.6 Å². The number of hydrogen-bond donors (Lipinski definition) is 2. The van der Waals surface area contributed by atoms with Crippen molar-refractivity contribution >= 4 is 29.7 Å². The van der Waals surface area contributed by atoms with Crippen LogP contribution in [-0.2, 0) is 20.9 Å². The van der Waals surface area contributed by atoms with Crippen LogP contribution in [0.2, 0.25) is 0 Å². The van der Waals surface area contributed by atoms with E-state index >= 15 is 0 Å². The molecule has 0 bridgehead atoms. The van der Waals surface area contributed by atoms with Gasteiger partial charge < -0.3 is 25.3 Å². The summed E-state index contributed by atoms with van der Waals surface area (Å²) in [5.41, 5.74) is 0.821.